The minimum absolute atomic E-state index is 0.249. The summed E-state index contributed by atoms with van der Waals surface area (Å²) < 4.78 is 11.1. The number of anilines is 4. The van der Waals surface area contributed by atoms with Gasteiger partial charge in [0, 0.05) is 84.7 Å². The Bertz CT molecular complexity index is 1450. The van der Waals surface area contributed by atoms with Crippen molar-refractivity contribution in [1.29, 1.82) is 0 Å². The van der Waals surface area contributed by atoms with E-state index >= 15 is 0 Å². The molecule has 0 radical (unpaired) electrons. The number of hydrogen-bond acceptors (Lipinski definition) is 8. The Balaban J connectivity index is 1.20. The van der Waals surface area contributed by atoms with Crippen LogP contribution in [0.2, 0.25) is 0 Å². The van der Waals surface area contributed by atoms with E-state index in [0.717, 1.165) is 73.2 Å². The van der Waals surface area contributed by atoms with E-state index in [9.17, 15) is 0 Å². The zero-order valence-electron chi connectivity index (χ0n) is 24.9. The highest BCUT2D eigenvalue weighted by molar-refractivity contribution is 5.95. The molecule has 0 amide bonds. The van der Waals surface area contributed by atoms with Crippen LogP contribution in [0.4, 0.5) is 23.0 Å². The first-order chi connectivity index (χ1) is 20.7. The van der Waals surface area contributed by atoms with Crippen LogP contribution in [0.1, 0.15) is 51.4 Å². The number of pyridine rings is 2. The number of fused-ring (bicyclic) bond motifs is 2. The van der Waals surface area contributed by atoms with Gasteiger partial charge in [-0.3, -0.25) is 0 Å². The predicted molar refractivity (Wildman–Crippen MR) is 173 cm³/mol. The van der Waals surface area contributed by atoms with Crippen molar-refractivity contribution in [1.82, 2.24) is 9.97 Å². The lowest BCUT2D eigenvalue weighted by atomic mass is 9.90. The predicted octanol–water partition coefficient (Wildman–Crippen LogP) is 6.84. The van der Waals surface area contributed by atoms with E-state index in [1.54, 1.807) is 14.2 Å². The van der Waals surface area contributed by atoms with Crippen molar-refractivity contribution in [2.75, 3.05) is 60.8 Å². The van der Waals surface area contributed by atoms with Crippen LogP contribution in [0.3, 0.4) is 0 Å². The molecule has 4 aromatic rings. The summed E-state index contributed by atoms with van der Waals surface area (Å²) in [6.07, 6.45) is 9.55. The Morgan fingerprint density at radius 2 is 1.02 bits per heavy atom. The Kier molecular flexibility index (Phi) is 7.53. The molecular formula is C34H42N6O2. The standard InChI is InChI=1S/C34H42N6O2/c1-41-23-11-13-25-29(19-23)37-33(21-31(25)39-15-5-6-16-39)35-27-9-3-4-10-28(27)36-34-22-32(40-17-7-8-18-40)26-14-12-24(42-2)20-30(26)38-34/h11-14,19-22,27-28H,3-10,15-18H2,1-2H3,(H,35,37)(H,36,38)/t27-,28-/m1/s1. The molecule has 4 heterocycles. The van der Waals surface area contributed by atoms with Crippen molar-refractivity contribution in [3.8, 4) is 11.5 Å². The summed E-state index contributed by atoms with van der Waals surface area (Å²) in [6, 6.07) is 17.5. The summed E-state index contributed by atoms with van der Waals surface area (Å²) in [6.45, 7) is 4.37. The number of aromatic nitrogens is 2. The lowest BCUT2D eigenvalue weighted by Crippen LogP contribution is -2.42. The molecule has 2 aliphatic heterocycles. The Morgan fingerprint density at radius 3 is 1.43 bits per heavy atom. The Morgan fingerprint density at radius 1 is 0.595 bits per heavy atom. The first kappa shape index (κ1) is 26.9. The van der Waals surface area contributed by atoms with Crippen molar-refractivity contribution >= 4 is 44.8 Å². The van der Waals surface area contributed by atoms with Crippen LogP contribution < -0.4 is 29.9 Å². The first-order valence-electron chi connectivity index (χ1n) is 15.7. The van der Waals surface area contributed by atoms with E-state index in [4.69, 9.17) is 19.4 Å². The third-order valence-corrected chi connectivity index (χ3v) is 9.32. The van der Waals surface area contributed by atoms with E-state index < -0.39 is 0 Å². The van der Waals surface area contributed by atoms with Crippen LogP contribution in [-0.2, 0) is 0 Å². The number of methoxy groups -OCH3 is 2. The van der Waals surface area contributed by atoms with Gasteiger partial charge in [-0.15, -0.1) is 0 Å². The van der Waals surface area contributed by atoms with E-state index in [1.807, 2.05) is 12.1 Å². The van der Waals surface area contributed by atoms with Gasteiger partial charge < -0.3 is 29.9 Å². The van der Waals surface area contributed by atoms with Gasteiger partial charge in [0.05, 0.1) is 25.3 Å². The smallest absolute Gasteiger partial charge is 0.129 e. The number of nitrogens with one attached hydrogen (secondary N) is 2. The molecule has 7 rings (SSSR count). The van der Waals surface area contributed by atoms with E-state index in [-0.39, 0.29) is 12.1 Å². The summed E-state index contributed by atoms with van der Waals surface area (Å²) in [5.74, 6) is 3.55. The number of ether oxygens (including phenoxy) is 2. The molecule has 1 aliphatic carbocycles. The molecule has 3 fully saturated rings. The zero-order valence-corrected chi connectivity index (χ0v) is 24.9. The van der Waals surface area contributed by atoms with Crippen LogP contribution in [0.25, 0.3) is 21.8 Å². The van der Waals surface area contributed by atoms with Crippen molar-refractivity contribution in [2.45, 2.75) is 63.5 Å². The normalized spacial score (nSPS) is 20.8. The molecule has 2 aromatic heterocycles. The van der Waals surface area contributed by atoms with Crippen molar-refractivity contribution in [2.24, 2.45) is 0 Å². The van der Waals surface area contributed by atoms with Crippen molar-refractivity contribution in [3.63, 3.8) is 0 Å². The van der Waals surface area contributed by atoms with Crippen molar-refractivity contribution in [3.05, 3.63) is 48.5 Å². The second-order valence-corrected chi connectivity index (χ2v) is 12.0. The minimum Gasteiger partial charge on any atom is -0.497 e. The maximum absolute atomic E-state index is 5.55. The molecule has 1 saturated carbocycles. The molecule has 0 spiro atoms. The molecule has 0 unspecified atom stereocenters. The third-order valence-electron chi connectivity index (χ3n) is 9.32. The second-order valence-electron chi connectivity index (χ2n) is 12.0. The largest absolute Gasteiger partial charge is 0.497 e. The Hall–Kier alpha value is -3.94. The quantitative estimate of drug-likeness (QED) is 0.240. The summed E-state index contributed by atoms with van der Waals surface area (Å²) >= 11 is 0. The van der Waals surface area contributed by atoms with Gasteiger partial charge in [-0.1, -0.05) is 12.8 Å². The highest BCUT2D eigenvalue weighted by atomic mass is 16.5. The fraction of sp³-hybridized carbons (Fsp3) is 0.471. The number of benzene rings is 2. The zero-order chi connectivity index (χ0) is 28.5. The van der Waals surface area contributed by atoms with Gasteiger partial charge >= 0.3 is 0 Å². The fourth-order valence-corrected chi connectivity index (χ4v) is 7.08. The second kappa shape index (κ2) is 11.7. The maximum Gasteiger partial charge on any atom is 0.129 e. The van der Waals surface area contributed by atoms with E-state index in [1.165, 1.54) is 60.7 Å². The van der Waals surface area contributed by atoms with Crippen LogP contribution in [-0.4, -0.2) is 62.5 Å². The van der Waals surface area contributed by atoms with Gasteiger partial charge in [0.25, 0.3) is 0 Å². The van der Waals surface area contributed by atoms with Crippen LogP contribution in [0.15, 0.2) is 48.5 Å². The topological polar surface area (TPSA) is 74.8 Å². The van der Waals surface area contributed by atoms with Gasteiger partial charge in [-0.2, -0.15) is 0 Å². The molecule has 2 saturated heterocycles. The lowest BCUT2D eigenvalue weighted by Gasteiger charge is -2.34. The van der Waals surface area contributed by atoms with Gasteiger partial charge in [0.2, 0.25) is 0 Å². The molecule has 0 bridgehead atoms. The molecule has 8 heteroatoms. The summed E-state index contributed by atoms with van der Waals surface area (Å²) in [5, 5.41) is 10.1. The lowest BCUT2D eigenvalue weighted by molar-refractivity contribution is 0.415. The summed E-state index contributed by atoms with van der Waals surface area (Å²) in [5.41, 5.74) is 4.48. The van der Waals surface area contributed by atoms with Gasteiger partial charge in [0.15, 0.2) is 0 Å². The summed E-state index contributed by atoms with van der Waals surface area (Å²) in [7, 11) is 3.43. The molecule has 2 N–H and O–H groups in total. The molecular weight excluding hydrogens is 524 g/mol. The minimum atomic E-state index is 0.249. The Labute approximate surface area is 248 Å². The average Bonchev–Trinajstić information content (AvgIpc) is 3.76. The third kappa shape index (κ3) is 5.35. The average molecular weight is 567 g/mol. The van der Waals surface area contributed by atoms with Crippen LogP contribution in [0.5, 0.6) is 11.5 Å². The molecule has 2 aromatic carbocycles. The van der Waals surface area contributed by atoms with Crippen LogP contribution >= 0.6 is 0 Å². The molecule has 3 aliphatic rings. The van der Waals surface area contributed by atoms with E-state index in [0.29, 0.717) is 0 Å². The number of rotatable bonds is 8. The SMILES string of the molecule is COc1ccc2c(N3CCCC3)cc(N[C@@H]3CCCC[C@H]3Nc3cc(N4CCCC4)c4ccc(OC)cc4n3)nc2c1. The monoisotopic (exact) mass is 566 g/mol. The highest BCUT2D eigenvalue weighted by Crippen LogP contribution is 2.36. The van der Waals surface area contributed by atoms with Gasteiger partial charge in [0.1, 0.15) is 23.1 Å². The maximum atomic E-state index is 5.55. The van der Waals surface area contributed by atoms with Gasteiger partial charge in [-0.25, -0.2) is 9.97 Å². The van der Waals surface area contributed by atoms with E-state index in [2.05, 4.69) is 56.8 Å². The molecule has 8 nitrogen and oxygen atoms in total. The first-order valence-corrected chi connectivity index (χ1v) is 15.7. The summed E-state index contributed by atoms with van der Waals surface area (Å²) in [4.78, 5) is 15.2. The van der Waals surface area contributed by atoms with Crippen LogP contribution in [0, 0.1) is 0 Å². The molecule has 42 heavy (non-hydrogen) atoms. The molecule has 220 valence electrons. The number of hydrogen-bond donors (Lipinski definition) is 2. The van der Waals surface area contributed by atoms with Gasteiger partial charge in [-0.05, 0) is 62.8 Å². The van der Waals surface area contributed by atoms with Crippen molar-refractivity contribution < 1.29 is 9.47 Å². The molecule has 2 atom stereocenters. The number of nitrogens with zero attached hydrogens (tertiary/aromatic N) is 4. The fourth-order valence-electron chi connectivity index (χ4n) is 7.08. The highest BCUT2D eigenvalue weighted by Gasteiger charge is 2.27.